The minimum Gasteiger partial charge on any atom is -0.339 e. The van der Waals surface area contributed by atoms with E-state index in [0.717, 1.165) is 0 Å². The second kappa shape index (κ2) is 4.28. The van der Waals surface area contributed by atoms with Crippen molar-refractivity contribution in [2.75, 3.05) is 0 Å². The summed E-state index contributed by atoms with van der Waals surface area (Å²) in [5.74, 6) is -2.60. The van der Waals surface area contributed by atoms with Crippen molar-refractivity contribution in [2.45, 2.75) is 17.6 Å². The molecule has 7 heteroatoms. The summed E-state index contributed by atoms with van der Waals surface area (Å²) in [6.45, 7) is 0. The van der Waals surface area contributed by atoms with Crippen LogP contribution in [0.3, 0.4) is 0 Å². The van der Waals surface area contributed by atoms with Crippen LogP contribution in [-0.4, -0.2) is 23.2 Å². The van der Waals surface area contributed by atoms with E-state index in [4.69, 9.17) is 11.6 Å². The van der Waals surface area contributed by atoms with Gasteiger partial charge in [-0.05, 0) is 5.56 Å². The number of fused-ring (bicyclic) bond motifs is 1. The lowest BCUT2D eigenvalue weighted by atomic mass is 10.1. The number of benzene rings is 1. The molecule has 0 saturated heterocycles. The van der Waals surface area contributed by atoms with Crippen LogP contribution in [0.1, 0.15) is 22.0 Å². The highest BCUT2D eigenvalue weighted by Gasteiger charge is 2.45. The van der Waals surface area contributed by atoms with Crippen molar-refractivity contribution in [3.05, 3.63) is 35.4 Å². The van der Waals surface area contributed by atoms with Crippen LogP contribution in [0.25, 0.3) is 0 Å². The van der Waals surface area contributed by atoms with Crippen molar-refractivity contribution in [1.82, 2.24) is 5.32 Å². The number of nitrogens with one attached hydrogen (secondary N) is 1. The van der Waals surface area contributed by atoms with E-state index in [1.54, 1.807) is 17.4 Å². The summed E-state index contributed by atoms with van der Waals surface area (Å²) in [4.78, 5) is 22.6. The van der Waals surface area contributed by atoms with Crippen LogP contribution < -0.4 is 5.32 Å². The molecule has 0 heterocycles. The third-order valence-corrected chi connectivity index (χ3v) is 3.10. The minimum atomic E-state index is -5.00. The molecule has 1 aromatic carbocycles. The number of Topliss-reactive ketones (excluding diaryl/α,β-unsaturated/α-hetero) is 1. The van der Waals surface area contributed by atoms with Crippen LogP contribution in [0, 0.1) is 0 Å². The fraction of sp³-hybridized carbons (Fsp3) is 0.273. The second-order valence-electron chi connectivity index (χ2n) is 3.80. The first kappa shape index (κ1) is 12.9. The summed E-state index contributed by atoms with van der Waals surface area (Å²) in [7, 11) is 0. The average Bonchev–Trinajstić information content (AvgIpc) is 2.54. The normalized spacial score (nSPS) is 22.8. The van der Waals surface area contributed by atoms with Crippen LogP contribution >= 0.6 is 11.6 Å². The van der Waals surface area contributed by atoms with Crippen LogP contribution in [0.15, 0.2) is 24.3 Å². The first-order valence-corrected chi connectivity index (χ1v) is 5.41. The van der Waals surface area contributed by atoms with Gasteiger partial charge in [0.15, 0.2) is 5.78 Å². The third kappa shape index (κ3) is 2.08. The molecule has 96 valence electrons. The average molecular weight is 278 g/mol. The van der Waals surface area contributed by atoms with E-state index in [1.165, 1.54) is 12.1 Å². The van der Waals surface area contributed by atoms with E-state index in [1.807, 2.05) is 0 Å². The fourth-order valence-electron chi connectivity index (χ4n) is 1.82. The Hall–Kier alpha value is -1.56. The predicted molar refractivity (Wildman–Crippen MR) is 57.4 cm³/mol. The van der Waals surface area contributed by atoms with E-state index < -0.39 is 29.3 Å². The molecule has 1 aliphatic rings. The van der Waals surface area contributed by atoms with E-state index in [-0.39, 0.29) is 5.56 Å². The van der Waals surface area contributed by atoms with Gasteiger partial charge in [-0.25, -0.2) is 0 Å². The Morgan fingerprint density at radius 1 is 1.28 bits per heavy atom. The summed E-state index contributed by atoms with van der Waals surface area (Å²) in [5.41, 5.74) is 0.546. The molecule has 3 nitrogen and oxygen atoms in total. The summed E-state index contributed by atoms with van der Waals surface area (Å²) >= 11 is 5.76. The predicted octanol–water partition coefficient (Wildman–Crippen LogP) is 2.21. The Morgan fingerprint density at radius 3 is 2.50 bits per heavy atom. The molecule has 0 aromatic heterocycles. The molecule has 1 amide bonds. The molecule has 18 heavy (non-hydrogen) atoms. The first-order chi connectivity index (χ1) is 8.32. The number of halogens is 4. The van der Waals surface area contributed by atoms with Crippen LogP contribution in [0.5, 0.6) is 0 Å². The fourth-order valence-corrected chi connectivity index (χ4v) is 2.14. The van der Waals surface area contributed by atoms with Gasteiger partial charge in [0.2, 0.25) is 0 Å². The van der Waals surface area contributed by atoms with Gasteiger partial charge in [0.1, 0.15) is 5.38 Å². The molecule has 2 atom stereocenters. The van der Waals surface area contributed by atoms with Gasteiger partial charge in [0.25, 0.3) is 0 Å². The third-order valence-electron chi connectivity index (χ3n) is 2.65. The van der Waals surface area contributed by atoms with Crippen molar-refractivity contribution in [2.24, 2.45) is 0 Å². The highest BCUT2D eigenvalue weighted by molar-refractivity contribution is 6.36. The maximum Gasteiger partial charge on any atom is 0.471 e. The molecule has 0 spiro atoms. The number of ketones is 1. The molecule has 0 aliphatic heterocycles. The van der Waals surface area contributed by atoms with Gasteiger partial charge in [-0.2, -0.15) is 13.2 Å². The Morgan fingerprint density at radius 2 is 1.89 bits per heavy atom. The van der Waals surface area contributed by atoms with E-state index in [2.05, 4.69) is 0 Å². The lowest BCUT2D eigenvalue weighted by Gasteiger charge is -2.17. The van der Waals surface area contributed by atoms with Crippen LogP contribution in [0.4, 0.5) is 13.2 Å². The molecule has 1 N–H and O–H groups in total. The Kier molecular flexibility index (Phi) is 3.06. The van der Waals surface area contributed by atoms with Crippen molar-refractivity contribution in [3.8, 4) is 0 Å². The summed E-state index contributed by atoms with van der Waals surface area (Å²) < 4.78 is 36.5. The van der Waals surface area contributed by atoms with Gasteiger partial charge < -0.3 is 5.32 Å². The van der Waals surface area contributed by atoms with E-state index in [9.17, 15) is 22.8 Å². The highest BCUT2D eigenvalue weighted by atomic mass is 35.5. The number of carbonyl (C=O) groups is 2. The van der Waals surface area contributed by atoms with Gasteiger partial charge >= 0.3 is 12.1 Å². The van der Waals surface area contributed by atoms with Crippen LogP contribution in [-0.2, 0) is 4.79 Å². The molecule has 1 aliphatic carbocycles. The molecule has 2 rings (SSSR count). The maximum absolute atomic E-state index is 12.2. The molecule has 0 unspecified atom stereocenters. The van der Waals surface area contributed by atoms with Gasteiger partial charge in [-0.3, -0.25) is 9.59 Å². The quantitative estimate of drug-likeness (QED) is 0.800. The zero-order valence-electron chi connectivity index (χ0n) is 8.79. The van der Waals surface area contributed by atoms with Crippen LogP contribution in [0.2, 0.25) is 0 Å². The number of hydrogen-bond donors (Lipinski definition) is 1. The van der Waals surface area contributed by atoms with Gasteiger partial charge in [-0.1, -0.05) is 24.3 Å². The van der Waals surface area contributed by atoms with Gasteiger partial charge in [0.05, 0.1) is 6.04 Å². The molecule has 1 aromatic rings. The molecular formula is C11H7ClF3NO2. The Labute approximate surface area is 105 Å². The topological polar surface area (TPSA) is 46.2 Å². The summed E-state index contributed by atoms with van der Waals surface area (Å²) in [6, 6.07) is 4.93. The Balaban J connectivity index is 2.30. The zero-order chi connectivity index (χ0) is 13.5. The largest absolute Gasteiger partial charge is 0.471 e. The molecule has 0 radical (unpaired) electrons. The number of hydrogen-bond acceptors (Lipinski definition) is 2. The van der Waals surface area contributed by atoms with E-state index in [0.29, 0.717) is 5.56 Å². The summed E-state index contributed by atoms with van der Waals surface area (Å²) in [6.07, 6.45) is -5.00. The van der Waals surface area contributed by atoms with Gasteiger partial charge in [-0.15, -0.1) is 11.6 Å². The maximum atomic E-state index is 12.2. The van der Waals surface area contributed by atoms with Crippen molar-refractivity contribution in [1.29, 1.82) is 0 Å². The molecule has 0 fully saturated rings. The molecule has 0 bridgehead atoms. The molecule has 0 saturated carbocycles. The van der Waals surface area contributed by atoms with Crippen molar-refractivity contribution < 1.29 is 22.8 Å². The lowest BCUT2D eigenvalue weighted by molar-refractivity contribution is -0.174. The lowest BCUT2D eigenvalue weighted by Crippen LogP contribution is -2.41. The SMILES string of the molecule is O=C1c2ccccc2[C@@H](NC(=O)C(F)(F)F)[C@@H]1Cl. The number of amides is 1. The standard InChI is InChI=1S/C11H7ClF3NO2/c12-7-8(16-10(18)11(13,14)15)5-3-1-2-4-6(5)9(7)17/h1-4,7-8H,(H,16,18)/t7-,8+/m0/s1. The smallest absolute Gasteiger partial charge is 0.339 e. The minimum absolute atomic E-state index is 0.241. The monoisotopic (exact) mass is 277 g/mol. The summed E-state index contributed by atoms with van der Waals surface area (Å²) in [5, 5.41) is 0.524. The van der Waals surface area contributed by atoms with E-state index >= 15 is 0 Å². The number of alkyl halides is 4. The Bertz CT molecular complexity index is 515. The zero-order valence-corrected chi connectivity index (χ0v) is 9.55. The second-order valence-corrected chi connectivity index (χ2v) is 4.27. The van der Waals surface area contributed by atoms with Crippen molar-refractivity contribution in [3.63, 3.8) is 0 Å². The van der Waals surface area contributed by atoms with Gasteiger partial charge in [0, 0.05) is 5.56 Å². The molecular weight excluding hydrogens is 271 g/mol. The number of rotatable bonds is 1. The van der Waals surface area contributed by atoms with Crippen molar-refractivity contribution >= 4 is 23.3 Å². The number of carbonyl (C=O) groups excluding carboxylic acids is 2. The highest BCUT2D eigenvalue weighted by Crippen LogP contribution is 2.35. The first-order valence-electron chi connectivity index (χ1n) is 4.97.